The van der Waals surface area contributed by atoms with E-state index in [0.717, 1.165) is 41.7 Å². The van der Waals surface area contributed by atoms with E-state index in [-0.39, 0.29) is 6.10 Å². The molecule has 0 aromatic heterocycles. The third-order valence-electron chi connectivity index (χ3n) is 2.99. The molecular weight excluding hydrogens is 250 g/mol. The molecule has 1 saturated heterocycles. The van der Waals surface area contributed by atoms with Crippen LogP contribution in [0.1, 0.15) is 11.7 Å². The fourth-order valence-corrected chi connectivity index (χ4v) is 2.71. The molecule has 1 atom stereocenters. The number of rotatable bonds is 4. The van der Waals surface area contributed by atoms with Crippen LogP contribution in [-0.2, 0) is 4.74 Å². The predicted octanol–water partition coefficient (Wildman–Crippen LogP) is 2.09. The van der Waals surface area contributed by atoms with Gasteiger partial charge in [0.25, 0.3) is 0 Å². The molecule has 1 aliphatic heterocycles. The number of methoxy groups -OCH3 is 2. The van der Waals surface area contributed by atoms with E-state index in [1.54, 1.807) is 26.0 Å². The van der Waals surface area contributed by atoms with Crippen LogP contribution in [-0.4, -0.2) is 40.2 Å². The summed E-state index contributed by atoms with van der Waals surface area (Å²) in [6.07, 6.45) is 2.05. The Morgan fingerprint density at radius 2 is 2.17 bits per heavy atom. The van der Waals surface area contributed by atoms with E-state index in [2.05, 4.69) is 5.32 Å². The van der Waals surface area contributed by atoms with Crippen LogP contribution in [0.3, 0.4) is 0 Å². The SMILES string of the molecule is COc1cc(SC)c(OC)c(C2CNCCO2)c1. The number of nitrogens with one attached hydrogen (secondary N) is 1. The minimum absolute atomic E-state index is 0.0229. The summed E-state index contributed by atoms with van der Waals surface area (Å²) in [4.78, 5) is 1.07. The Kier molecular flexibility index (Phi) is 4.74. The normalized spacial score (nSPS) is 19.6. The first kappa shape index (κ1) is 13.5. The molecule has 1 heterocycles. The van der Waals surface area contributed by atoms with Crippen molar-refractivity contribution in [3.8, 4) is 11.5 Å². The molecule has 0 amide bonds. The molecule has 0 aliphatic carbocycles. The van der Waals surface area contributed by atoms with Gasteiger partial charge in [-0.2, -0.15) is 0 Å². The predicted molar refractivity (Wildman–Crippen MR) is 72.9 cm³/mol. The van der Waals surface area contributed by atoms with E-state index in [1.165, 1.54) is 0 Å². The van der Waals surface area contributed by atoms with Gasteiger partial charge in [-0.25, -0.2) is 0 Å². The lowest BCUT2D eigenvalue weighted by Crippen LogP contribution is -2.33. The van der Waals surface area contributed by atoms with Crippen molar-refractivity contribution in [1.82, 2.24) is 5.32 Å². The van der Waals surface area contributed by atoms with Gasteiger partial charge in [-0.1, -0.05) is 0 Å². The molecule has 5 heteroatoms. The second-order valence-corrected chi connectivity index (χ2v) is 4.86. The Morgan fingerprint density at radius 3 is 2.72 bits per heavy atom. The molecular formula is C13H19NO3S. The summed E-state index contributed by atoms with van der Waals surface area (Å²) in [5, 5.41) is 3.33. The molecule has 1 aromatic rings. The molecule has 100 valence electrons. The molecule has 1 fully saturated rings. The fourth-order valence-electron chi connectivity index (χ4n) is 2.09. The number of thioether (sulfide) groups is 1. The van der Waals surface area contributed by atoms with Crippen LogP contribution < -0.4 is 14.8 Å². The van der Waals surface area contributed by atoms with Gasteiger partial charge < -0.3 is 19.5 Å². The van der Waals surface area contributed by atoms with Crippen molar-refractivity contribution in [2.45, 2.75) is 11.0 Å². The highest BCUT2D eigenvalue weighted by atomic mass is 32.2. The van der Waals surface area contributed by atoms with Gasteiger partial charge in [-0.3, -0.25) is 0 Å². The third-order valence-corrected chi connectivity index (χ3v) is 3.73. The average molecular weight is 269 g/mol. The van der Waals surface area contributed by atoms with Crippen LogP contribution in [0.5, 0.6) is 11.5 Å². The lowest BCUT2D eigenvalue weighted by Gasteiger charge is -2.26. The lowest BCUT2D eigenvalue weighted by atomic mass is 10.1. The minimum atomic E-state index is 0.0229. The fraction of sp³-hybridized carbons (Fsp3) is 0.538. The molecule has 0 bridgehead atoms. The molecule has 1 aliphatic rings. The van der Waals surface area contributed by atoms with E-state index in [0.29, 0.717) is 0 Å². The molecule has 2 rings (SSSR count). The first-order chi connectivity index (χ1) is 8.80. The van der Waals surface area contributed by atoms with E-state index in [9.17, 15) is 0 Å². The van der Waals surface area contributed by atoms with Crippen molar-refractivity contribution in [2.24, 2.45) is 0 Å². The second-order valence-electron chi connectivity index (χ2n) is 4.02. The van der Waals surface area contributed by atoms with E-state index >= 15 is 0 Å². The number of hydrogen-bond acceptors (Lipinski definition) is 5. The maximum atomic E-state index is 5.80. The summed E-state index contributed by atoms with van der Waals surface area (Å²) < 4.78 is 16.7. The summed E-state index contributed by atoms with van der Waals surface area (Å²) in [5.41, 5.74) is 1.05. The Hall–Kier alpha value is -0.910. The summed E-state index contributed by atoms with van der Waals surface area (Å²) in [5.74, 6) is 1.72. The molecule has 0 radical (unpaired) electrons. The molecule has 1 N–H and O–H groups in total. The van der Waals surface area contributed by atoms with Gasteiger partial charge in [0.15, 0.2) is 0 Å². The Bertz CT molecular complexity index is 405. The number of benzene rings is 1. The number of morpholine rings is 1. The van der Waals surface area contributed by atoms with Gasteiger partial charge in [0.1, 0.15) is 11.5 Å². The molecule has 1 aromatic carbocycles. The number of ether oxygens (including phenoxy) is 3. The van der Waals surface area contributed by atoms with Crippen molar-refractivity contribution in [1.29, 1.82) is 0 Å². The Balaban J connectivity index is 2.41. The van der Waals surface area contributed by atoms with Crippen molar-refractivity contribution in [2.75, 3.05) is 40.2 Å². The summed E-state index contributed by atoms with van der Waals surface area (Å²) in [6.45, 7) is 2.43. The zero-order chi connectivity index (χ0) is 13.0. The highest BCUT2D eigenvalue weighted by Crippen LogP contribution is 2.39. The Morgan fingerprint density at radius 1 is 1.33 bits per heavy atom. The van der Waals surface area contributed by atoms with Crippen LogP contribution >= 0.6 is 11.8 Å². The van der Waals surface area contributed by atoms with Crippen LogP contribution in [0.25, 0.3) is 0 Å². The van der Waals surface area contributed by atoms with Crippen LogP contribution in [0, 0.1) is 0 Å². The number of hydrogen-bond donors (Lipinski definition) is 1. The second kappa shape index (κ2) is 6.31. The van der Waals surface area contributed by atoms with Crippen LogP contribution in [0.2, 0.25) is 0 Å². The van der Waals surface area contributed by atoms with E-state index < -0.39 is 0 Å². The van der Waals surface area contributed by atoms with E-state index in [4.69, 9.17) is 14.2 Å². The van der Waals surface area contributed by atoms with Crippen LogP contribution in [0.15, 0.2) is 17.0 Å². The molecule has 1 unspecified atom stereocenters. The molecule has 0 spiro atoms. The summed E-state index contributed by atoms with van der Waals surface area (Å²) >= 11 is 1.65. The molecule has 0 saturated carbocycles. The first-order valence-corrected chi connectivity index (χ1v) is 7.14. The standard InChI is InChI=1S/C13H19NO3S/c1-15-9-6-10(11-8-14-4-5-17-11)13(16-2)12(7-9)18-3/h6-7,11,14H,4-5,8H2,1-3H3. The summed E-state index contributed by atoms with van der Waals surface area (Å²) in [7, 11) is 3.37. The average Bonchev–Trinajstić information content (AvgIpc) is 2.46. The molecule has 18 heavy (non-hydrogen) atoms. The van der Waals surface area contributed by atoms with Gasteiger partial charge >= 0.3 is 0 Å². The van der Waals surface area contributed by atoms with Gasteiger partial charge in [0.05, 0.1) is 31.8 Å². The van der Waals surface area contributed by atoms with Crippen molar-refractivity contribution in [3.63, 3.8) is 0 Å². The largest absolute Gasteiger partial charge is 0.497 e. The van der Waals surface area contributed by atoms with Crippen molar-refractivity contribution in [3.05, 3.63) is 17.7 Å². The zero-order valence-electron chi connectivity index (χ0n) is 11.0. The van der Waals surface area contributed by atoms with E-state index in [1.807, 2.05) is 18.4 Å². The smallest absolute Gasteiger partial charge is 0.138 e. The van der Waals surface area contributed by atoms with Crippen LogP contribution in [0.4, 0.5) is 0 Å². The summed E-state index contributed by atoms with van der Waals surface area (Å²) in [6, 6.07) is 3.99. The molecule has 4 nitrogen and oxygen atoms in total. The quantitative estimate of drug-likeness (QED) is 0.847. The van der Waals surface area contributed by atoms with Gasteiger partial charge in [-0.15, -0.1) is 11.8 Å². The van der Waals surface area contributed by atoms with Gasteiger partial charge in [0.2, 0.25) is 0 Å². The minimum Gasteiger partial charge on any atom is -0.497 e. The lowest BCUT2D eigenvalue weighted by molar-refractivity contribution is 0.0259. The zero-order valence-corrected chi connectivity index (χ0v) is 11.8. The maximum Gasteiger partial charge on any atom is 0.138 e. The van der Waals surface area contributed by atoms with Crippen molar-refractivity contribution >= 4 is 11.8 Å². The highest BCUT2D eigenvalue weighted by Gasteiger charge is 2.22. The third kappa shape index (κ3) is 2.74. The maximum absolute atomic E-state index is 5.80. The monoisotopic (exact) mass is 269 g/mol. The van der Waals surface area contributed by atoms with Gasteiger partial charge in [-0.05, 0) is 18.4 Å². The van der Waals surface area contributed by atoms with Gasteiger partial charge in [0, 0.05) is 18.7 Å². The van der Waals surface area contributed by atoms with Crippen molar-refractivity contribution < 1.29 is 14.2 Å². The highest BCUT2D eigenvalue weighted by molar-refractivity contribution is 7.98. The first-order valence-electron chi connectivity index (χ1n) is 5.92. The topological polar surface area (TPSA) is 39.7 Å². The Labute approximate surface area is 112 Å².